The number of halogens is 1. The number of rotatable bonds is 3. The maximum atomic E-state index is 13.7. The highest BCUT2D eigenvalue weighted by molar-refractivity contribution is 5.53. The Morgan fingerprint density at radius 3 is 2.44 bits per heavy atom. The minimum atomic E-state index is 0.476. The zero-order valence-electron chi connectivity index (χ0n) is 9.02. The van der Waals surface area contributed by atoms with Crippen LogP contribution in [0.15, 0.2) is 54.6 Å². The molecule has 0 aromatic heterocycles. The Hall–Kier alpha value is -2.03. The van der Waals surface area contributed by atoms with Crippen molar-refractivity contribution in [2.75, 3.05) is 10.7 Å². The number of hydrogen-bond donors (Lipinski definition) is 1. The quantitative estimate of drug-likeness (QED) is 0.621. The van der Waals surface area contributed by atoms with Crippen molar-refractivity contribution in [2.24, 2.45) is 0 Å². The molecule has 0 radical (unpaired) electrons. The minimum Gasteiger partial charge on any atom is -0.270 e. The highest BCUT2D eigenvalue weighted by Crippen LogP contribution is 2.17. The summed E-state index contributed by atoms with van der Waals surface area (Å²) in [6.07, 6.45) is 0. The first-order valence-electron chi connectivity index (χ1n) is 5.10. The molecule has 0 amide bonds. The van der Waals surface area contributed by atoms with Gasteiger partial charge in [-0.15, -0.1) is 5.23 Å². The van der Waals surface area contributed by atoms with Crippen molar-refractivity contribution in [3.63, 3.8) is 0 Å². The summed E-state index contributed by atoms with van der Waals surface area (Å²) < 4.78 is 13.7. The largest absolute Gasteiger partial charge is 0.270 e. The van der Waals surface area contributed by atoms with Gasteiger partial charge in [-0.3, -0.25) is 5.43 Å². The van der Waals surface area contributed by atoms with E-state index in [0.29, 0.717) is 10.9 Å². The van der Waals surface area contributed by atoms with E-state index in [2.05, 4.69) is 5.43 Å². The van der Waals surface area contributed by atoms with E-state index in [4.69, 9.17) is 0 Å². The van der Waals surface area contributed by atoms with E-state index >= 15 is 0 Å². The van der Waals surface area contributed by atoms with Crippen molar-refractivity contribution in [1.29, 1.82) is 0 Å². The number of hydrogen-bond acceptors (Lipinski definition) is 2. The Bertz CT molecular complexity index is 456. The van der Waals surface area contributed by atoms with Gasteiger partial charge in [0.1, 0.15) is 0 Å². The fourth-order valence-corrected chi connectivity index (χ4v) is 1.45. The van der Waals surface area contributed by atoms with Gasteiger partial charge in [0.05, 0.1) is 11.4 Å². The fraction of sp³-hybridized carbons (Fsp3) is 0.0769. The fourth-order valence-electron chi connectivity index (χ4n) is 1.45. The molecule has 0 atom stereocenters. The molecule has 0 unspecified atom stereocenters. The monoisotopic (exact) mass is 216 g/mol. The van der Waals surface area contributed by atoms with Gasteiger partial charge in [-0.2, -0.15) is 0 Å². The lowest BCUT2D eigenvalue weighted by Crippen LogP contribution is -2.19. The summed E-state index contributed by atoms with van der Waals surface area (Å²) in [5.74, 6) is 0. The van der Waals surface area contributed by atoms with E-state index in [9.17, 15) is 4.48 Å². The molecule has 0 saturated carbocycles. The first-order valence-corrected chi connectivity index (χ1v) is 5.10. The summed E-state index contributed by atoms with van der Waals surface area (Å²) in [7, 11) is 0. The molecule has 2 aromatic carbocycles. The van der Waals surface area contributed by atoms with Crippen LogP contribution in [0.1, 0.15) is 5.56 Å². The Labute approximate surface area is 94.2 Å². The molecule has 3 heteroatoms. The predicted molar refractivity (Wildman–Crippen MR) is 64.8 cm³/mol. The minimum absolute atomic E-state index is 0.476. The predicted octanol–water partition coefficient (Wildman–Crippen LogP) is 3.71. The van der Waals surface area contributed by atoms with Crippen LogP contribution >= 0.6 is 0 Å². The summed E-state index contributed by atoms with van der Waals surface area (Å²) in [6.45, 7) is 1.97. The number of para-hydroxylation sites is 1. The highest BCUT2D eigenvalue weighted by atomic mass is 19.2. The van der Waals surface area contributed by atoms with Crippen LogP contribution in [0.25, 0.3) is 0 Å². The van der Waals surface area contributed by atoms with Crippen LogP contribution < -0.4 is 10.7 Å². The third kappa shape index (κ3) is 2.51. The van der Waals surface area contributed by atoms with Gasteiger partial charge in [0.15, 0.2) is 0 Å². The smallest absolute Gasteiger partial charge is 0.0930 e. The number of aryl methyl sites for hydroxylation is 1. The molecule has 0 spiro atoms. The zero-order valence-corrected chi connectivity index (χ0v) is 9.02. The van der Waals surface area contributed by atoms with Crippen LogP contribution in [0.2, 0.25) is 0 Å². The summed E-state index contributed by atoms with van der Waals surface area (Å²) in [5.41, 5.74) is 4.96. The maximum absolute atomic E-state index is 13.7. The molecule has 0 aliphatic rings. The van der Waals surface area contributed by atoms with E-state index < -0.39 is 0 Å². The average molecular weight is 216 g/mol. The normalized spacial score (nSPS) is 9.88. The van der Waals surface area contributed by atoms with Crippen molar-refractivity contribution in [1.82, 2.24) is 0 Å². The molecule has 0 bridgehead atoms. The molecule has 0 aliphatic carbocycles. The molecule has 2 nitrogen and oxygen atoms in total. The molecule has 0 heterocycles. The standard InChI is InChI=1S/C13H13FN2/c1-11-6-5-7-12(10-11)15-16(14)13-8-3-2-4-9-13/h2-10,15H,1H3. The summed E-state index contributed by atoms with van der Waals surface area (Å²) in [5, 5.41) is 0.509. The van der Waals surface area contributed by atoms with E-state index in [1.165, 1.54) is 0 Å². The van der Waals surface area contributed by atoms with Crippen molar-refractivity contribution in [2.45, 2.75) is 6.92 Å². The molecule has 82 valence electrons. The van der Waals surface area contributed by atoms with Crippen molar-refractivity contribution < 1.29 is 4.48 Å². The van der Waals surface area contributed by atoms with Gasteiger partial charge in [-0.05, 0) is 36.8 Å². The van der Waals surface area contributed by atoms with Crippen LogP contribution in [-0.2, 0) is 0 Å². The molecule has 16 heavy (non-hydrogen) atoms. The average Bonchev–Trinajstić information content (AvgIpc) is 2.30. The first-order chi connectivity index (χ1) is 7.75. The third-order valence-electron chi connectivity index (χ3n) is 2.23. The van der Waals surface area contributed by atoms with Gasteiger partial charge in [0.2, 0.25) is 0 Å². The molecular weight excluding hydrogens is 203 g/mol. The van der Waals surface area contributed by atoms with Gasteiger partial charge in [-0.25, -0.2) is 0 Å². The molecule has 0 fully saturated rings. The molecule has 2 aromatic rings. The number of nitrogens with zero attached hydrogens (tertiary/aromatic N) is 1. The molecule has 0 aliphatic heterocycles. The van der Waals surface area contributed by atoms with Gasteiger partial charge >= 0.3 is 0 Å². The second kappa shape index (κ2) is 4.66. The SMILES string of the molecule is Cc1cccc(NN(F)c2ccccc2)c1. The van der Waals surface area contributed by atoms with Gasteiger partial charge in [0.25, 0.3) is 0 Å². The number of anilines is 2. The van der Waals surface area contributed by atoms with Crippen LogP contribution in [0.4, 0.5) is 15.9 Å². The molecule has 2 rings (SSSR count). The second-order valence-electron chi connectivity index (χ2n) is 3.60. The lowest BCUT2D eigenvalue weighted by molar-refractivity contribution is 0.472. The topological polar surface area (TPSA) is 15.3 Å². The Balaban J connectivity index is 2.11. The van der Waals surface area contributed by atoms with Gasteiger partial charge < -0.3 is 0 Å². The Morgan fingerprint density at radius 2 is 1.75 bits per heavy atom. The lowest BCUT2D eigenvalue weighted by atomic mass is 10.2. The Kier molecular flexibility index (Phi) is 3.05. The third-order valence-corrected chi connectivity index (χ3v) is 2.23. The van der Waals surface area contributed by atoms with E-state index in [-0.39, 0.29) is 0 Å². The number of hydrazine groups is 1. The second-order valence-corrected chi connectivity index (χ2v) is 3.60. The highest BCUT2D eigenvalue weighted by Gasteiger charge is 2.03. The van der Waals surface area contributed by atoms with E-state index in [1.54, 1.807) is 24.3 Å². The molecule has 0 saturated heterocycles. The number of nitrogens with one attached hydrogen (secondary N) is 1. The van der Waals surface area contributed by atoms with Crippen LogP contribution in [0.3, 0.4) is 0 Å². The summed E-state index contributed by atoms with van der Waals surface area (Å²) >= 11 is 0. The lowest BCUT2D eigenvalue weighted by Gasteiger charge is -2.16. The zero-order chi connectivity index (χ0) is 11.4. The number of benzene rings is 2. The van der Waals surface area contributed by atoms with Crippen molar-refractivity contribution in [3.8, 4) is 0 Å². The van der Waals surface area contributed by atoms with Crippen LogP contribution in [0, 0.1) is 6.92 Å². The maximum Gasteiger partial charge on any atom is 0.0930 e. The van der Waals surface area contributed by atoms with E-state index in [1.807, 2.05) is 37.3 Å². The molecule has 1 N–H and O–H groups in total. The van der Waals surface area contributed by atoms with Gasteiger partial charge in [0, 0.05) is 0 Å². The van der Waals surface area contributed by atoms with Crippen molar-refractivity contribution in [3.05, 3.63) is 60.2 Å². The molecular formula is C13H13FN2. The first kappa shape index (κ1) is 10.5. The summed E-state index contributed by atoms with van der Waals surface area (Å²) in [6, 6.07) is 16.4. The van der Waals surface area contributed by atoms with Crippen molar-refractivity contribution >= 4 is 11.4 Å². The van der Waals surface area contributed by atoms with Crippen LogP contribution in [0.5, 0.6) is 0 Å². The van der Waals surface area contributed by atoms with E-state index in [0.717, 1.165) is 11.3 Å². The Morgan fingerprint density at radius 1 is 1.00 bits per heavy atom. The summed E-state index contributed by atoms with van der Waals surface area (Å²) in [4.78, 5) is 0. The van der Waals surface area contributed by atoms with Gasteiger partial charge in [-0.1, -0.05) is 34.8 Å². The van der Waals surface area contributed by atoms with Crippen LogP contribution in [-0.4, -0.2) is 0 Å².